The quantitative estimate of drug-likeness (QED) is 0.895. The van der Waals surface area contributed by atoms with E-state index in [0.717, 1.165) is 10.0 Å². The first-order chi connectivity index (χ1) is 6.77. The van der Waals surface area contributed by atoms with Crippen LogP contribution in [0.4, 0.5) is 0 Å². The standard InChI is InChI=1S/C10H8BrNO2/c11-8-3-1-7(2-4-8)9(13)10-12-5-6-14-10/h1-6,9,13H. The second-order valence-corrected chi connectivity index (χ2v) is 3.74. The van der Waals surface area contributed by atoms with Crippen LogP contribution in [0.15, 0.2) is 45.6 Å². The minimum Gasteiger partial charge on any atom is -0.446 e. The molecule has 2 rings (SSSR count). The van der Waals surface area contributed by atoms with Gasteiger partial charge in [-0.2, -0.15) is 0 Å². The summed E-state index contributed by atoms with van der Waals surface area (Å²) in [6.07, 6.45) is 2.16. The maximum atomic E-state index is 9.80. The summed E-state index contributed by atoms with van der Waals surface area (Å²) in [5.41, 5.74) is 0.760. The smallest absolute Gasteiger partial charge is 0.227 e. The second-order valence-electron chi connectivity index (χ2n) is 2.82. The lowest BCUT2D eigenvalue weighted by molar-refractivity contribution is 0.182. The van der Waals surface area contributed by atoms with Crippen molar-refractivity contribution in [3.8, 4) is 0 Å². The lowest BCUT2D eigenvalue weighted by atomic mass is 10.1. The lowest BCUT2D eigenvalue weighted by Gasteiger charge is -2.06. The number of aliphatic hydroxyl groups excluding tert-OH is 1. The van der Waals surface area contributed by atoms with Crippen molar-refractivity contribution < 1.29 is 9.52 Å². The number of nitrogens with zero attached hydrogens (tertiary/aromatic N) is 1. The topological polar surface area (TPSA) is 46.3 Å². The van der Waals surface area contributed by atoms with Gasteiger partial charge in [0.25, 0.3) is 0 Å². The molecule has 0 amide bonds. The number of halogens is 1. The molecule has 14 heavy (non-hydrogen) atoms. The fourth-order valence-electron chi connectivity index (χ4n) is 1.16. The van der Waals surface area contributed by atoms with Crippen LogP contribution in [-0.4, -0.2) is 10.1 Å². The van der Waals surface area contributed by atoms with Crippen LogP contribution < -0.4 is 0 Å². The summed E-state index contributed by atoms with van der Waals surface area (Å²) in [6.45, 7) is 0. The number of aliphatic hydroxyl groups is 1. The zero-order valence-electron chi connectivity index (χ0n) is 7.22. The van der Waals surface area contributed by atoms with Gasteiger partial charge in [0.05, 0.1) is 6.20 Å². The normalized spacial score (nSPS) is 12.7. The molecule has 4 heteroatoms. The summed E-state index contributed by atoms with van der Waals surface area (Å²) in [7, 11) is 0. The predicted molar refractivity (Wildman–Crippen MR) is 54.7 cm³/mol. The molecule has 0 fully saturated rings. The minimum absolute atomic E-state index is 0.312. The Morgan fingerprint density at radius 3 is 2.57 bits per heavy atom. The van der Waals surface area contributed by atoms with E-state index in [4.69, 9.17) is 4.42 Å². The Kier molecular flexibility index (Phi) is 2.65. The Morgan fingerprint density at radius 1 is 1.29 bits per heavy atom. The van der Waals surface area contributed by atoms with Gasteiger partial charge in [-0.05, 0) is 17.7 Å². The number of hydrogen-bond acceptors (Lipinski definition) is 3. The molecule has 0 aliphatic rings. The third-order valence-corrected chi connectivity index (χ3v) is 2.40. The van der Waals surface area contributed by atoms with Crippen molar-refractivity contribution in [1.29, 1.82) is 0 Å². The third kappa shape index (κ3) is 1.86. The van der Waals surface area contributed by atoms with Crippen molar-refractivity contribution in [2.45, 2.75) is 6.10 Å². The summed E-state index contributed by atoms with van der Waals surface area (Å²) in [6, 6.07) is 7.36. The molecule has 72 valence electrons. The number of benzene rings is 1. The van der Waals surface area contributed by atoms with E-state index in [1.807, 2.05) is 24.3 Å². The molecule has 1 atom stereocenters. The first kappa shape index (κ1) is 9.43. The van der Waals surface area contributed by atoms with E-state index in [1.54, 1.807) is 0 Å². The zero-order valence-corrected chi connectivity index (χ0v) is 8.81. The monoisotopic (exact) mass is 253 g/mol. The molecular weight excluding hydrogens is 246 g/mol. The second kappa shape index (κ2) is 3.94. The molecule has 0 aliphatic carbocycles. The highest BCUT2D eigenvalue weighted by Crippen LogP contribution is 2.21. The van der Waals surface area contributed by atoms with E-state index >= 15 is 0 Å². The summed E-state index contributed by atoms with van der Waals surface area (Å²) in [5, 5.41) is 9.80. The van der Waals surface area contributed by atoms with Gasteiger partial charge < -0.3 is 9.52 Å². The largest absolute Gasteiger partial charge is 0.446 e. The number of oxazole rings is 1. The average molecular weight is 254 g/mol. The molecule has 0 radical (unpaired) electrons. The summed E-state index contributed by atoms with van der Waals surface area (Å²) >= 11 is 3.32. The van der Waals surface area contributed by atoms with Gasteiger partial charge in [-0.15, -0.1) is 0 Å². The van der Waals surface area contributed by atoms with Gasteiger partial charge in [0.15, 0.2) is 6.10 Å². The van der Waals surface area contributed by atoms with Crippen molar-refractivity contribution in [2.75, 3.05) is 0 Å². The molecule has 0 saturated heterocycles. The fourth-order valence-corrected chi connectivity index (χ4v) is 1.42. The van der Waals surface area contributed by atoms with Crippen molar-refractivity contribution in [3.63, 3.8) is 0 Å². The maximum Gasteiger partial charge on any atom is 0.227 e. The molecular formula is C10H8BrNO2. The van der Waals surface area contributed by atoms with Gasteiger partial charge >= 0.3 is 0 Å². The van der Waals surface area contributed by atoms with Crippen LogP contribution in [0.1, 0.15) is 17.6 Å². The predicted octanol–water partition coefficient (Wildman–Crippen LogP) is 2.52. The first-order valence-electron chi connectivity index (χ1n) is 4.10. The van der Waals surface area contributed by atoms with Crippen LogP contribution in [0.25, 0.3) is 0 Å². The average Bonchev–Trinajstić information content (AvgIpc) is 2.71. The molecule has 1 unspecified atom stereocenters. The highest BCUT2D eigenvalue weighted by molar-refractivity contribution is 9.10. The van der Waals surface area contributed by atoms with Gasteiger partial charge in [0.2, 0.25) is 5.89 Å². The van der Waals surface area contributed by atoms with E-state index < -0.39 is 6.10 Å². The number of aromatic nitrogens is 1. The summed E-state index contributed by atoms with van der Waals surface area (Å²) in [5.74, 6) is 0.312. The van der Waals surface area contributed by atoms with E-state index in [9.17, 15) is 5.11 Å². The number of hydrogen-bond donors (Lipinski definition) is 1. The van der Waals surface area contributed by atoms with E-state index in [-0.39, 0.29) is 0 Å². The molecule has 0 saturated carbocycles. The van der Waals surface area contributed by atoms with Gasteiger partial charge in [-0.25, -0.2) is 4.98 Å². The van der Waals surface area contributed by atoms with Crippen LogP contribution in [-0.2, 0) is 0 Å². The summed E-state index contributed by atoms with van der Waals surface area (Å²) < 4.78 is 5.98. The van der Waals surface area contributed by atoms with Crippen LogP contribution >= 0.6 is 15.9 Å². The van der Waals surface area contributed by atoms with Crippen LogP contribution in [0.5, 0.6) is 0 Å². The van der Waals surface area contributed by atoms with E-state index in [2.05, 4.69) is 20.9 Å². The van der Waals surface area contributed by atoms with Gasteiger partial charge in [-0.3, -0.25) is 0 Å². The van der Waals surface area contributed by atoms with Crippen molar-refractivity contribution in [1.82, 2.24) is 4.98 Å². The molecule has 1 heterocycles. The van der Waals surface area contributed by atoms with Gasteiger partial charge in [0, 0.05) is 4.47 Å². The Bertz CT molecular complexity index is 397. The lowest BCUT2D eigenvalue weighted by Crippen LogP contribution is -1.99. The molecule has 1 aromatic carbocycles. The van der Waals surface area contributed by atoms with Crippen LogP contribution in [0, 0.1) is 0 Å². The molecule has 0 spiro atoms. The molecule has 0 bridgehead atoms. The summed E-state index contributed by atoms with van der Waals surface area (Å²) in [4.78, 5) is 3.89. The highest BCUT2D eigenvalue weighted by atomic mass is 79.9. The van der Waals surface area contributed by atoms with E-state index in [0.29, 0.717) is 5.89 Å². The molecule has 1 N–H and O–H groups in total. The zero-order chi connectivity index (χ0) is 9.97. The minimum atomic E-state index is -0.793. The number of rotatable bonds is 2. The Labute approximate surface area is 89.5 Å². The highest BCUT2D eigenvalue weighted by Gasteiger charge is 2.13. The van der Waals surface area contributed by atoms with Crippen LogP contribution in [0.3, 0.4) is 0 Å². The Balaban J connectivity index is 2.28. The third-order valence-electron chi connectivity index (χ3n) is 1.87. The van der Waals surface area contributed by atoms with Crippen molar-refractivity contribution in [3.05, 3.63) is 52.7 Å². The van der Waals surface area contributed by atoms with E-state index in [1.165, 1.54) is 12.5 Å². The molecule has 0 aliphatic heterocycles. The Hall–Kier alpha value is -1.13. The molecule has 2 aromatic rings. The van der Waals surface area contributed by atoms with Crippen molar-refractivity contribution >= 4 is 15.9 Å². The Morgan fingerprint density at radius 2 is 2.00 bits per heavy atom. The molecule has 1 aromatic heterocycles. The van der Waals surface area contributed by atoms with Crippen LogP contribution in [0.2, 0.25) is 0 Å². The fraction of sp³-hybridized carbons (Fsp3) is 0.100. The SMILES string of the molecule is OC(c1ccc(Br)cc1)c1ncco1. The maximum absolute atomic E-state index is 9.80. The van der Waals surface area contributed by atoms with Crippen molar-refractivity contribution in [2.24, 2.45) is 0 Å². The van der Waals surface area contributed by atoms with Gasteiger partial charge in [-0.1, -0.05) is 28.1 Å². The first-order valence-corrected chi connectivity index (χ1v) is 4.89. The van der Waals surface area contributed by atoms with Gasteiger partial charge in [0.1, 0.15) is 6.26 Å². The molecule has 3 nitrogen and oxygen atoms in total.